The van der Waals surface area contributed by atoms with E-state index in [0.717, 1.165) is 12.5 Å². The maximum Gasteiger partial charge on any atom is 0.0470 e. The Morgan fingerprint density at radius 2 is 1.69 bits per heavy atom. The van der Waals surface area contributed by atoms with Crippen LogP contribution in [0.5, 0.6) is 0 Å². The molecule has 0 spiro atoms. The Labute approximate surface area is 91.6 Å². The van der Waals surface area contributed by atoms with Gasteiger partial charge in [0.2, 0.25) is 0 Å². The van der Waals surface area contributed by atoms with E-state index in [2.05, 4.69) is 0 Å². The summed E-state index contributed by atoms with van der Waals surface area (Å²) in [5.74, 6) is 3.36. The molecule has 0 rings (SSSR count). The first-order chi connectivity index (χ1) is 6.41. The highest BCUT2D eigenvalue weighted by atomic mass is 35.5. The Bertz CT molecular complexity index is 81.0. The van der Waals surface area contributed by atoms with E-state index in [1.165, 1.54) is 43.6 Å². The maximum atomic E-state index is 5.58. The van der Waals surface area contributed by atoms with Crippen molar-refractivity contribution in [3.05, 3.63) is 0 Å². The highest BCUT2D eigenvalue weighted by Crippen LogP contribution is 2.09. The molecule has 0 radical (unpaired) electrons. The number of hydrogen-bond donors (Lipinski definition) is 0. The second-order valence-corrected chi connectivity index (χ2v) is 4.66. The van der Waals surface area contributed by atoms with E-state index < -0.39 is 0 Å². The fourth-order valence-corrected chi connectivity index (χ4v) is 2.18. The van der Waals surface area contributed by atoms with E-state index in [4.69, 9.17) is 16.3 Å². The number of methoxy groups -OCH3 is 1. The van der Waals surface area contributed by atoms with Crippen molar-refractivity contribution in [2.24, 2.45) is 0 Å². The number of hydrogen-bond acceptors (Lipinski definition) is 2. The second kappa shape index (κ2) is 12.6. The molecule has 3 heteroatoms. The molecule has 0 atom stereocenters. The summed E-state index contributed by atoms with van der Waals surface area (Å²) in [7, 11) is 1.76. The summed E-state index contributed by atoms with van der Waals surface area (Å²) in [6.07, 6.45) is 6.33. The van der Waals surface area contributed by atoms with Crippen molar-refractivity contribution >= 4 is 23.4 Å². The standard InChI is InChI=1S/C10H21ClOS/c1-12-8-6-10-13-9-5-3-2-4-7-11/h2-10H2,1H3. The molecule has 0 fully saturated rings. The summed E-state index contributed by atoms with van der Waals surface area (Å²) in [6.45, 7) is 0.902. The van der Waals surface area contributed by atoms with Crippen LogP contribution in [0.1, 0.15) is 32.1 Å². The fourth-order valence-electron chi connectivity index (χ4n) is 1.06. The predicted molar refractivity (Wildman–Crippen MR) is 63.0 cm³/mol. The van der Waals surface area contributed by atoms with E-state index in [9.17, 15) is 0 Å². The van der Waals surface area contributed by atoms with Crippen molar-refractivity contribution in [2.45, 2.75) is 32.1 Å². The van der Waals surface area contributed by atoms with E-state index in [1.54, 1.807) is 7.11 Å². The Morgan fingerprint density at radius 1 is 1.00 bits per heavy atom. The van der Waals surface area contributed by atoms with Crippen molar-refractivity contribution < 1.29 is 4.74 Å². The van der Waals surface area contributed by atoms with Gasteiger partial charge in [-0.15, -0.1) is 11.6 Å². The molecular formula is C10H21ClOS. The summed E-state index contributed by atoms with van der Waals surface area (Å²) in [4.78, 5) is 0. The Morgan fingerprint density at radius 3 is 2.38 bits per heavy atom. The van der Waals surface area contributed by atoms with E-state index in [-0.39, 0.29) is 0 Å². The summed E-state index contributed by atoms with van der Waals surface area (Å²) < 4.78 is 4.97. The van der Waals surface area contributed by atoms with Gasteiger partial charge in [0.1, 0.15) is 0 Å². The molecule has 1 nitrogen and oxygen atoms in total. The minimum Gasteiger partial charge on any atom is -0.385 e. The van der Waals surface area contributed by atoms with Crippen LogP contribution >= 0.6 is 23.4 Å². The van der Waals surface area contributed by atoms with Gasteiger partial charge in [-0.1, -0.05) is 12.8 Å². The van der Waals surface area contributed by atoms with Crippen LogP contribution in [-0.4, -0.2) is 31.1 Å². The molecule has 80 valence electrons. The molecule has 0 aromatic rings. The van der Waals surface area contributed by atoms with Crippen molar-refractivity contribution in [3.8, 4) is 0 Å². The molecule has 0 saturated heterocycles. The average Bonchev–Trinajstić information content (AvgIpc) is 2.16. The molecule has 0 bridgehead atoms. The third-order valence-electron chi connectivity index (χ3n) is 1.81. The van der Waals surface area contributed by atoms with Gasteiger partial charge < -0.3 is 4.74 Å². The second-order valence-electron chi connectivity index (χ2n) is 3.06. The number of ether oxygens (including phenoxy) is 1. The highest BCUT2D eigenvalue weighted by Gasteiger charge is 1.91. The molecule has 0 aromatic heterocycles. The monoisotopic (exact) mass is 224 g/mol. The molecule has 0 aliphatic rings. The molecule has 0 heterocycles. The zero-order valence-electron chi connectivity index (χ0n) is 8.56. The van der Waals surface area contributed by atoms with Crippen LogP contribution < -0.4 is 0 Å². The molecule has 0 aliphatic carbocycles. The normalized spacial score (nSPS) is 10.6. The van der Waals surface area contributed by atoms with E-state index >= 15 is 0 Å². The number of halogens is 1. The number of alkyl halides is 1. The quantitative estimate of drug-likeness (QED) is 0.415. The number of rotatable bonds is 10. The van der Waals surface area contributed by atoms with Crippen LogP contribution in [0.4, 0.5) is 0 Å². The molecule has 0 aliphatic heterocycles. The average molecular weight is 225 g/mol. The van der Waals surface area contributed by atoms with Gasteiger partial charge in [-0.05, 0) is 30.8 Å². The smallest absolute Gasteiger partial charge is 0.0470 e. The van der Waals surface area contributed by atoms with Gasteiger partial charge in [0.05, 0.1) is 0 Å². The first kappa shape index (κ1) is 13.6. The molecule has 0 amide bonds. The first-order valence-electron chi connectivity index (χ1n) is 5.04. The van der Waals surface area contributed by atoms with Gasteiger partial charge in [0.15, 0.2) is 0 Å². The third-order valence-corrected chi connectivity index (χ3v) is 3.23. The van der Waals surface area contributed by atoms with Crippen LogP contribution in [0.2, 0.25) is 0 Å². The number of unbranched alkanes of at least 4 members (excludes halogenated alkanes) is 3. The Kier molecular flexibility index (Phi) is 13.2. The summed E-state index contributed by atoms with van der Waals surface area (Å²) in [5.41, 5.74) is 0. The topological polar surface area (TPSA) is 9.23 Å². The minimum atomic E-state index is 0.820. The molecule has 0 saturated carbocycles. The minimum absolute atomic E-state index is 0.820. The molecular weight excluding hydrogens is 204 g/mol. The lowest BCUT2D eigenvalue weighted by atomic mass is 10.2. The van der Waals surface area contributed by atoms with Gasteiger partial charge in [-0.2, -0.15) is 11.8 Å². The van der Waals surface area contributed by atoms with Crippen molar-refractivity contribution in [1.29, 1.82) is 0 Å². The van der Waals surface area contributed by atoms with Gasteiger partial charge in [0.25, 0.3) is 0 Å². The predicted octanol–water partition coefficient (Wildman–Crippen LogP) is 3.56. The fraction of sp³-hybridized carbons (Fsp3) is 1.00. The van der Waals surface area contributed by atoms with Gasteiger partial charge in [-0.3, -0.25) is 0 Å². The molecule has 0 unspecified atom stereocenters. The largest absolute Gasteiger partial charge is 0.385 e. The van der Waals surface area contributed by atoms with Crippen LogP contribution in [0.15, 0.2) is 0 Å². The Balaban J connectivity index is 2.76. The zero-order valence-corrected chi connectivity index (χ0v) is 10.1. The van der Waals surface area contributed by atoms with E-state index in [1.807, 2.05) is 11.8 Å². The number of thioether (sulfide) groups is 1. The lowest BCUT2D eigenvalue weighted by molar-refractivity contribution is 0.200. The molecule has 0 N–H and O–H groups in total. The maximum absolute atomic E-state index is 5.58. The van der Waals surface area contributed by atoms with Crippen LogP contribution in [-0.2, 0) is 4.74 Å². The van der Waals surface area contributed by atoms with Crippen LogP contribution in [0.3, 0.4) is 0 Å². The van der Waals surface area contributed by atoms with Gasteiger partial charge in [-0.25, -0.2) is 0 Å². The summed E-state index contributed by atoms with van der Waals surface area (Å²) in [5, 5.41) is 0. The van der Waals surface area contributed by atoms with Crippen LogP contribution in [0, 0.1) is 0 Å². The van der Waals surface area contributed by atoms with Crippen LogP contribution in [0.25, 0.3) is 0 Å². The third kappa shape index (κ3) is 12.6. The van der Waals surface area contributed by atoms with E-state index in [0.29, 0.717) is 0 Å². The summed E-state index contributed by atoms with van der Waals surface area (Å²) >= 11 is 7.62. The lowest BCUT2D eigenvalue weighted by Crippen LogP contribution is -1.91. The van der Waals surface area contributed by atoms with Crippen molar-refractivity contribution in [2.75, 3.05) is 31.1 Å². The molecule has 13 heavy (non-hydrogen) atoms. The van der Waals surface area contributed by atoms with Gasteiger partial charge in [0, 0.05) is 19.6 Å². The van der Waals surface area contributed by atoms with Gasteiger partial charge >= 0.3 is 0 Å². The van der Waals surface area contributed by atoms with Crippen molar-refractivity contribution in [1.82, 2.24) is 0 Å². The Hall–Kier alpha value is 0.600. The first-order valence-corrected chi connectivity index (χ1v) is 6.73. The lowest BCUT2D eigenvalue weighted by Gasteiger charge is -2.00. The summed E-state index contributed by atoms with van der Waals surface area (Å²) in [6, 6.07) is 0. The highest BCUT2D eigenvalue weighted by molar-refractivity contribution is 7.99. The zero-order chi connectivity index (χ0) is 9.78. The molecule has 0 aromatic carbocycles. The SMILES string of the molecule is COCCCSCCCCCCCl. The van der Waals surface area contributed by atoms with Crippen molar-refractivity contribution in [3.63, 3.8) is 0 Å².